The Labute approximate surface area is 122 Å². The van der Waals surface area contributed by atoms with Crippen LogP contribution in [0.15, 0.2) is 6.33 Å². The molecule has 0 amide bonds. The standard InChI is InChI=1S/C13H20F3N5/c1-3-17-11-10(2)12(19-9-18-11)21-6-4-20(5-7-21)8-13(14,15)16/h9H,3-8H2,1-2H3,(H,17,18,19). The number of alkyl halides is 3. The van der Waals surface area contributed by atoms with Crippen LogP contribution in [0.1, 0.15) is 12.5 Å². The SMILES string of the molecule is CCNc1ncnc(N2CCN(CC(F)(F)F)CC2)c1C. The summed E-state index contributed by atoms with van der Waals surface area (Å²) in [6.07, 6.45) is -2.65. The fraction of sp³-hybridized carbons (Fsp3) is 0.692. The van der Waals surface area contributed by atoms with Crippen LogP contribution < -0.4 is 10.2 Å². The molecule has 0 atom stereocenters. The highest BCUT2D eigenvalue weighted by Gasteiger charge is 2.32. The topological polar surface area (TPSA) is 44.3 Å². The lowest BCUT2D eigenvalue weighted by Gasteiger charge is -2.36. The lowest BCUT2D eigenvalue weighted by Crippen LogP contribution is -2.49. The van der Waals surface area contributed by atoms with Gasteiger partial charge in [-0.05, 0) is 13.8 Å². The Bertz CT molecular complexity index is 469. The number of piperazine rings is 1. The maximum Gasteiger partial charge on any atom is 0.401 e. The summed E-state index contributed by atoms with van der Waals surface area (Å²) in [6, 6.07) is 0. The highest BCUT2D eigenvalue weighted by molar-refractivity contribution is 5.58. The third kappa shape index (κ3) is 4.20. The van der Waals surface area contributed by atoms with Crippen molar-refractivity contribution in [2.24, 2.45) is 0 Å². The van der Waals surface area contributed by atoms with Crippen LogP contribution in [0.4, 0.5) is 24.8 Å². The molecule has 1 fully saturated rings. The molecular weight excluding hydrogens is 283 g/mol. The first-order valence-corrected chi connectivity index (χ1v) is 7.00. The number of hydrogen-bond donors (Lipinski definition) is 1. The van der Waals surface area contributed by atoms with E-state index in [4.69, 9.17) is 0 Å². The first-order chi connectivity index (χ1) is 9.90. The molecule has 0 aromatic carbocycles. The Morgan fingerprint density at radius 2 is 1.86 bits per heavy atom. The molecule has 5 nitrogen and oxygen atoms in total. The van der Waals surface area contributed by atoms with E-state index in [2.05, 4.69) is 15.3 Å². The van der Waals surface area contributed by atoms with Gasteiger partial charge in [0.15, 0.2) is 0 Å². The highest BCUT2D eigenvalue weighted by atomic mass is 19.4. The molecule has 0 bridgehead atoms. The van der Waals surface area contributed by atoms with Gasteiger partial charge in [-0.25, -0.2) is 9.97 Å². The summed E-state index contributed by atoms with van der Waals surface area (Å²) >= 11 is 0. The van der Waals surface area contributed by atoms with E-state index in [9.17, 15) is 13.2 Å². The van der Waals surface area contributed by atoms with Crippen molar-refractivity contribution in [2.45, 2.75) is 20.0 Å². The normalized spacial score (nSPS) is 17.1. The van der Waals surface area contributed by atoms with Gasteiger partial charge in [-0.3, -0.25) is 4.90 Å². The number of nitrogens with one attached hydrogen (secondary N) is 1. The zero-order chi connectivity index (χ0) is 15.5. The smallest absolute Gasteiger partial charge is 0.370 e. The fourth-order valence-electron chi connectivity index (χ4n) is 2.48. The molecule has 0 radical (unpaired) electrons. The molecule has 1 N–H and O–H groups in total. The van der Waals surface area contributed by atoms with E-state index in [0.717, 1.165) is 23.7 Å². The van der Waals surface area contributed by atoms with E-state index in [0.29, 0.717) is 26.2 Å². The maximum atomic E-state index is 12.4. The van der Waals surface area contributed by atoms with Crippen molar-refractivity contribution in [2.75, 3.05) is 49.5 Å². The van der Waals surface area contributed by atoms with E-state index in [-0.39, 0.29) is 0 Å². The van der Waals surface area contributed by atoms with Gasteiger partial charge in [-0.1, -0.05) is 0 Å². The van der Waals surface area contributed by atoms with E-state index in [1.54, 1.807) is 0 Å². The molecule has 0 saturated carbocycles. The van der Waals surface area contributed by atoms with E-state index >= 15 is 0 Å². The van der Waals surface area contributed by atoms with Gasteiger partial charge in [0.1, 0.15) is 18.0 Å². The summed E-state index contributed by atoms with van der Waals surface area (Å²) < 4.78 is 37.1. The molecule has 2 heterocycles. The molecule has 1 aliphatic rings. The Morgan fingerprint density at radius 3 is 2.43 bits per heavy atom. The van der Waals surface area contributed by atoms with Crippen molar-refractivity contribution in [1.82, 2.24) is 14.9 Å². The minimum Gasteiger partial charge on any atom is -0.370 e. The number of nitrogens with zero attached hydrogens (tertiary/aromatic N) is 4. The van der Waals surface area contributed by atoms with Crippen LogP contribution >= 0.6 is 0 Å². The molecule has 1 aromatic rings. The quantitative estimate of drug-likeness (QED) is 0.920. The molecule has 21 heavy (non-hydrogen) atoms. The zero-order valence-electron chi connectivity index (χ0n) is 12.2. The fourth-order valence-corrected chi connectivity index (χ4v) is 2.48. The van der Waals surface area contributed by atoms with E-state index < -0.39 is 12.7 Å². The Morgan fingerprint density at radius 1 is 1.19 bits per heavy atom. The Balaban J connectivity index is 2.01. The van der Waals surface area contributed by atoms with Crippen LogP contribution in [0.5, 0.6) is 0 Å². The molecule has 0 unspecified atom stereocenters. The predicted molar refractivity (Wildman–Crippen MR) is 75.6 cm³/mol. The molecule has 8 heteroatoms. The molecule has 2 rings (SSSR count). The van der Waals surface area contributed by atoms with E-state index in [1.807, 2.05) is 18.7 Å². The molecule has 1 aromatic heterocycles. The maximum absolute atomic E-state index is 12.4. The monoisotopic (exact) mass is 303 g/mol. The van der Waals surface area contributed by atoms with Crippen molar-refractivity contribution >= 4 is 11.6 Å². The van der Waals surface area contributed by atoms with Crippen molar-refractivity contribution in [3.05, 3.63) is 11.9 Å². The Kier molecular flexibility index (Phi) is 4.87. The third-order valence-corrected chi connectivity index (χ3v) is 3.48. The first kappa shape index (κ1) is 15.8. The minimum atomic E-state index is -4.13. The number of anilines is 2. The average Bonchev–Trinajstić information content (AvgIpc) is 2.41. The van der Waals surface area contributed by atoms with Crippen LogP contribution in [-0.4, -0.2) is 60.3 Å². The van der Waals surface area contributed by atoms with Crippen LogP contribution in [0.25, 0.3) is 0 Å². The van der Waals surface area contributed by atoms with Gasteiger partial charge in [0.25, 0.3) is 0 Å². The van der Waals surface area contributed by atoms with Gasteiger partial charge in [-0.15, -0.1) is 0 Å². The van der Waals surface area contributed by atoms with Gasteiger partial charge in [0.05, 0.1) is 6.54 Å². The van der Waals surface area contributed by atoms with Gasteiger partial charge in [0.2, 0.25) is 0 Å². The molecule has 1 saturated heterocycles. The second kappa shape index (κ2) is 6.46. The van der Waals surface area contributed by atoms with Crippen LogP contribution in [-0.2, 0) is 0 Å². The molecule has 118 valence electrons. The second-order valence-electron chi connectivity index (χ2n) is 5.08. The lowest BCUT2D eigenvalue weighted by molar-refractivity contribution is -0.146. The van der Waals surface area contributed by atoms with Crippen LogP contribution in [0.3, 0.4) is 0 Å². The average molecular weight is 303 g/mol. The van der Waals surface area contributed by atoms with Crippen molar-refractivity contribution in [3.63, 3.8) is 0 Å². The van der Waals surface area contributed by atoms with Crippen molar-refractivity contribution < 1.29 is 13.2 Å². The first-order valence-electron chi connectivity index (χ1n) is 7.00. The zero-order valence-corrected chi connectivity index (χ0v) is 12.2. The van der Waals surface area contributed by atoms with Gasteiger partial charge in [-0.2, -0.15) is 13.2 Å². The lowest BCUT2D eigenvalue weighted by atomic mass is 10.2. The Hall–Kier alpha value is -1.57. The molecule has 0 spiro atoms. The molecule has 0 aliphatic carbocycles. The summed E-state index contributed by atoms with van der Waals surface area (Å²) in [5, 5.41) is 3.16. The summed E-state index contributed by atoms with van der Waals surface area (Å²) in [5.74, 6) is 1.58. The largest absolute Gasteiger partial charge is 0.401 e. The summed E-state index contributed by atoms with van der Waals surface area (Å²) in [4.78, 5) is 11.9. The summed E-state index contributed by atoms with van der Waals surface area (Å²) in [5.41, 5.74) is 0.934. The van der Waals surface area contributed by atoms with Gasteiger partial charge >= 0.3 is 6.18 Å². The van der Waals surface area contributed by atoms with Crippen LogP contribution in [0.2, 0.25) is 0 Å². The van der Waals surface area contributed by atoms with E-state index in [1.165, 1.54) is 11.2 Å². The number of rotatable bonds is 4. The number of hydrogen-bond acceptors (Lipinski definition) is 5. The van der Waals surface area contributed by atoms with Crippen molar-refractivity contribution in [1.29, 1.82) is 0 Å². The van der Waals surface area contributed by atoms with Gasteiger partial charge in [0, 0.05) is 38.3 Å². The predicted octanol–water partition coefficient (Wildman–Crippen LogP) is 1.90. The minimum absolute atomic E-state index is 0.388. The highest BCUT2D eigenvalue weighted by Crippen LogP contribution is 2.24. The molecular formula is C13H20F3N5. The number of aromatic nitrogens is 2. The summed E-state index contributed by atoms with van der Waals surface area (Å²) in [7, 11) is 0. The number of halogens is 3. The molecule has 1 aliphatic heterocycles. The van der Waals surface area contributed by atoms with Crippen LogP contribution in [0, 0.1) is 6.92 Å². The second-order valence-corrected chi connectivity index (χ2v) is 5.08. The van der Waals surface area contributed by atoms with Gasteiger partial charge < -0.3 is 10.2 Å². The summed E-state index contributed by atoms with van der Waals surface area (Å²) in [6.45, 7) is 5.69. The van der Waals surface area contributed by atoms with Crippen molar-refractivity contribution in [3.8, 4) is 0 Å². The third-order valence-electron chi connectivity index (χ3n) is 3.48.